The molecule has 0 aliphatic rings. The summed E-state index contributed by atoms with van der Waals surface area (Å²) in [6.45, 7) is 7.12. The molecule has 1 heterocycles. The summed E-state index contributed by atoms with van der Waals surface area (Å²) in [5.74, 6) is 2.42. The summed E-state index contributed by atoms with van der Waals surface area (Å²) >= 11 is 0. The van der Waals surface area contributed by atoms with E-state index in [2.05, 4.69) is 51.4 Å². The molecule has 104 valence electrons. The summed E-state index contributed by atoms with van der Waals surface area (Å²) in [6, 6.07) is 12.3. The molecule has 0 amide bonds. The fourth-order valence-electron chi connectivity index (χ4n) is 1.91. The van der Waals surface area contributed by atoms with E-state index in [1.54, 1.807) is 6.08 Å². The number of anilines is 2. The Balaban J connectivity index is 1.91. The molecule has 2 aromatic rings. The predicted octanol–water partition coefficient (Wildman–Crippen LogP) is 3.04. The standard InChI is InChI=1S/C16H20N4/c1-3-10-17-15-12-16(20-13(2)19-15)18-11-9-14-7-5-4-6-8-14/h3-8,12H,1,9-11H2,2H3,(H2,17,18,19,20). The molecule has 4 heteroatoms. The van der Waals surface area contributed by atoms with E-state index in [1.165, 1.54) is 5.56 Å². The van der Waals surface area contributed by atoms with Crippen molar-refractivity contribution >= 4 is 11.6 Å². The third kappa shape index (κ3) is 4.39. The zero-order chi connectivity index (χ0) is 14.2. The van der Waals surface area contributed by atoms with E-state index in [0.29, 0.717) is 6.54 Å². The van der Waals surface area contributed by atoms with Gasteiger partial charge in [0, 0.05) is 19.2 Å². The number of aryl methyl sites for hydroxylation is 1. The van der Waals surface area contributed by atoms with Gasteiger partial charge in [-0.25, -0.2) is 9.97 Å². The first kappa shape index (κ1) is 14.1. The third-order valence-electron chi connectivity index (χ3n) is 2.83. The van der Waals surface area contributed by atoms with Crippen molar-refractivity contribution in [1.82, 2.24) is 9.97 Å². The Kier molecular flexibility index (Phi) is 5.12. The van der Waals surface area contributed by atoms with E-state index in [0.717, 1.165) is 30.4 Å². The Hall–Kier alpha value is -2.36. The molecule has 20 heavy (non-hydrogen) atoms. The Bertz CT molecular complexity index is 552. The Labute approximate surface area is 120 Å². The lowest BCUT2D eigenvalue weighted by Crippen LogP contribution is -2.09. The van der Waals surface area contributed by atoms with E-state index in [1.807, 2.05) is 19.1 Å². The van der Waals surface area contributed by atoms with Crippen LogP contribution in [-0.4, -0.2) is 23.1 Å². The monoisotopic (exact) mass is 268 g/mol. The average molecular weight is 268 g/mol. The van der Waals surface area contributed by atoms with Gasteiger partial charge in [-0.3, -0.25) is 0 Å². The number of rotatable bonds is 7. The van der Waals surface area contributed by atoms with Gasteiger partial charge in [-0.2, -0.15) is 0 Å². The van der Waals surface area contributed by atoms with Crippen molar-refractivity contribution in [3.05, 3.63) is 60.4 Å². The molecule has 0 unspecified atom stereocenters. The van der Waals surface area contributed by atoms with E-state index >= 15 is 0 Å². The van der Waals surface area contributed by atoms with E-state index in [4.69, 9.17) is 0 Å². The average Bonchev–Trinajstić information content (AvgIpc) is 2.46. The molecular formula is C16H20N4. The lowest BCUT2D eigenvalue weighted by atomic mass is 10.1. The van der Waals surface area contributed by atoms with Crippen molar-refractivity contribution in [2.45, 2.75) is 13.3 Å². The van der Waals surface area contributed by atoms with Crippen molar-refractivity contribution < 1.29 is 0 Å². The minimum absolute atomic E-state index is 0.694. The van der Waals surface area contributed by atoms with Crippen LogP contribution >= 0.6 is 0 Å². The summed E-state index contributed by atoms with van der Waals surface area (Å²) in [5, 5.41) is 6.51. The quantitative estimate of drug-likeness (QED) is 0.758. The van der Waals surface area contributed by atoms with Crippen LogP contribution in [0.15, 0.2) is 49.1 Å². The highest BCUT2D eigenvalue weighted by Crippen LogP contribution is 2.11. The molecule has 1 aromatic carbocycles. The molecule has 0 fully saturated rings. The van der Waals surface area contributed by atoms with E-state index in [-0.39, 0.29) is 0 Å². The first-order valence-electron chi connectivity index (χ1n) is 6.76. The van der Waals surface area contributed by atoms with Gasteiger partial charge in [-0.1, -0.05) is 36.4 Å². The number of benzene rings is 1. The maximum atomic E-state index is 4.39. The van der Waals surface area contributed by atoms with Crippen LogP contribution in [0.25, 0.3) is 0 Å². The number of nitrogens with one attached hydrogen (secondary N) is 2. The molecule has 0 aliphatic heterocycles. The number of aromatic nitrogens is 2. The van der Waals surface area contributed by atoms with Crippen LogP contribution in [-0.2, 0) is 6.42 Å². The molecule has 0 spiro atoms. The first-order chi connectivity index (χ1) is 9.78. The molecule has 4 nitrogen and oxygen atoms in total. The number of hydrogen-bond acceptors (Lipinski definition) is 4. The third-order valence-corrected chi connectivity index (χ3v) is 2.83. The molecule has 0 atom stereocenters. The second-order valence-electron chi connectivity index (χ2n) is 4.52. The highest BCUT2D eigenvalue weighted by molar-refractivity contribution is 5.47. The minimum atomic E-state index is 0.694. The zero-order valence-corrected chi connectivity index (χ0v) is 11.8. The minimum Gasteiger partial charge on any atom is -0.370 e. The van der Waals surface area contributed by atoms with Crippen LogP contribution in [0.1, 0.15) is 11.4 Å². The molecule has 0 saturated heterocycles. The van der Waals surface area contributed by atoms with Crippen LogP contribution in [0.5, 0.6) is 0 Å². The lowest BCUT2D eigenvalue weighted by molar-refractivity contribution is 0.980. The highest BCUT2D eigenvalue weighted by Gasteiger charge is 2.01. The summed E-state index contributed by atoms with van der Waals surface area (Å²) in [7, 11) is 0. The molecule has 0 aliphatic carbocycles. The van der Waals surface area contributed by atoms with E-state index < -0.39 is 0 Å². The van der Waals surface area contributed by atoms with Crippen LogP contribution in [0.2, 0.25) is 0 Å². The van der Waals surface area contributed by atoms with Crippen molar-refractivity contribution in [2.75, 3.05) is 23.7 Å². The van der Waals surface area contributed by atoms with E-state index in [9.17, 15) is 0 Å². The maximum absolute atomic E-state index is 4.39. The summed E-state index contributed by atoms with van der Waals surface area (Å²) in [5.41, 5.74) is 1.32. The Morgan fingerprint density at radius 3 is 2.50 bits per heavy atom. The van der Waals surface area contributed by atoms with Gasteiger partial charge in [0.25, 0.3) is 0 Å². The van der Waals surface area contributed by atoms with Crippen molar-refractivity contribution in [3.8, 4) is 0 Å². The van der Waals surface area contributed by atoms with Crippen LogP contribution in [0, 0.1) is 6.92 Å². The topological polar surface area (TPSA) is 49.8 Å². The van der Waals surface area contributed by atoms with Gasteiger partial charge in [0.05, 0.1) is 0 Å². The molecule has 2 N–H and O–H groups in total. The summed E-state index contributed by atoms with van der Waals surface area (Å²) < 4.78 is 0. The van der Waals surface area contributed by atoms with Crippen molar-refractivity contribution in [2.24, 2.45) is 0 Å². The van der Waals surface area contributed by atoms with Gasteiger partial charge in [0.2, 0.25) is 0 Å². The molecule has 0 saturated carbocycles. The fourth-order valence-corrected chi connectivity index (χ4v) is 1.91. The number of hydrogen-bond donors (Lipinski definition) is 2. The number of nitrogens with zero attached hydrogens (tertiary/aromatic N) is 2. The van der Waals surface area contributed by atoms with Crippen LogP contribution in [0.4, 0.5) is 11.6 Å². The van der Waals surface area contributed by atoms with Crippen molar-refractivity contribution in [3.63, 3.8) is 0 Å². The summed E-state index contributed by atoms with van der Waals surface area (Å²) in [4.78, 5) is 8.71. The maximum Gasteiger partial charge on any atom is 0.132 e. The smallest absolute Gasteiger partial charge is 0.132 e. The largest absolute Gasteiger partial charge is 0.370 e. The van der Waals surface area contributed by atoms with Crippen LogP contribution in [0.3, 0.4) is 0 Å². The van der Waals surface area contributed by atoms with Gasteiger partial charge in [-0.05, 0) is 18.9 Å². The Morgan fingerprint density at radius 1 is 1.10 bits per heavy atom. The summed E-state index contributed by atoms with van der Waals surface area (Å²) in [6.07, 6.45) is 2.78. The fraction of sp³-hybridized carbons (Fsp3) is 0.250. The molecule has 2 rings (SSSR count). The first-order valence-corrected chi connectivity index (χ1v) is 6.76. The highest BCUT2D eigenvalue weighted by atomic mass is 15.1. The van der Waals surface area contributed by atoms with Gasteiger partial charge >= 0.3 is 0 Å². The van der Waals surface area contributed by atoms with Gasteiger partial charge in [0.1, 0.15) is 17.5 Å². The zero-order valence-electron chi connectivity index (χ0n) is 11.8. The molecule has 1 aromatic heterocycles. The Morgan fingerprint density at radius 2 is 1.80 bits per heavy atom. The van der Waals surface area contributed by atoms with Crippen LogP contribution < -0.4 is 10.6 Å². The van der Waals surface area contributed by atoms with Gasteiger partial charge in [0.15, 0.2) is 0 Å². The predicted molar refractivity (Wildman–Crippen MR) is 84.1 cm³/mol. The molecule has 0 bridgehead atoms. The SMILES string of the molecule is C=CCNc1cc(NCCc2ccccc2)nc(C)n1. The van der Waals surface area contributed by atoms with Gasteiger partial charge in [-0.15, -0.1) is 6.58 Å². The molecule has 0 radical (unpaired) electrons. The second-order valence-corrected chi connectivity index (χ2v) is 4.52. The normalized spacial score (nSPS) is 10.1. The second kappa shape index (κ2) is 7.28. The van der Waals surface area contributed by atoms with Crippen molar-refractivity contribution in [1.29, 1.82) is 0 Å². The lowest BCUT2D eigenvalue weighted by Gasteiger charge is -2.09. The van der Waals surface area contributed by atoms with Gasteiger partial charge < -0.3 is 10.6 Å². The molecular weight excluding hydrogens is 248 g/mol.